The molecule has 3 aliphatic carbocycles. The Morgan fingerprint density at radius 2 is 1.77 bits per heavy atom. The number of carbonyl (C=O) groups excluding carboxylic acids is 1. The lowest BCUT2D eigenvalue weighted by Gasteiger charge is -2.61. The molecule has 0 saturated heterocycles. The van der Waals surface area contributed by atoms with E-state index in [-0.39, 0.29) is 29.0 Å². The molecule has 8 atom stereocenters. The van der Waals surface area contributed by atoms with Crippen LogP contribution in [-0.4, -0.2) is 28.2 Å². The molecule has 0 radical (unpaired) electrons. The van der Waals surface area contributed by atoms with Crippen molar-refractivity contribution in [2.24, 2.45) is 34.0 Å². The average molecular weight is 423 g/mol. The van der Waals surface area contributed by atoms with E-state index < -0.39 is 23.0 Å². The SMILES string of the molecule is C=C[C@]1(C)C[C@@H](O)[C@]2(C)[C@H](C)CC[C@]3(C/C(=C\c4ccc(C)cc4)C(=O)[C@H]32)[C@@H](C)[C@@H]1O. The minimum Gasteiger partial charge on any atom is -0.392 e. The maximum atomic E-state index is 14.0. The molecule has 0 aromatic heterocycles. The van der Waals surface area contributed by atoms with Crippen molar-refractivity contribution in [3.05, 3.63) is 53.6 Å². The largest absolute Gasteiger partial charge is 0.392 e. The molecule has 3 heteroatoms. The number of ketones is 1. The minimum atomic E-state index is -0.667. The first kappa shape index (κ1) is 22.5. The van der Waals surface area contributed by atoms with E-state index in [0.29, 0.717) is 12.8 Å². The molecule has 1 aromatic carbocycles. The maximum Gasteiger partial charge on any atom is 0.163 e. The van der Waals surface area contributed by atoms with E-state index in [0.717, 1.165) is 24.0 Å². The highest BCUT2D eigenvalue weighted by Gasteiger charge is 2.68. The Kier molecular flexibility index (Phi) is 5.38. The van der Waals surface area contributed by atoms with Crippen molar-refractivity contribution in [1.29, 1.82) is 0 Å². The van der Waals surface area contributed by atoms with Gasteiger partial charge in [0.05, 0.1) is 12.2 Å². The Morgan fingerprint density at radius 3 is 2.39 bits per heavy atom. The van der Waals surface area contributed by atoms with Gasteiger partial charge in [-0.25, -0.2) is 0 Å². The standard InChI is InChI=1S/C28H38O3/c1-7-26(5)16-22(29)27(6)18(3)12-13-28(19(4)25(26)31)15-21(23(30)24(27)28)14-20-10-8-17(2)9-11-20/h7-11,14,18-19,22,24-25,29,31H,1,12-13,15-16H2,2-6H3/b21-14+/t18-,19+,22-,24+,25+,26-,27+,28+/m1/s1. The van der Waals surface area contributed by atoms with E-state index in [4.69, 9.17) is 0 Å². The summed E-state index contributed by atoms with van der Waals surface area (Å²) in [4.78, 5) is 14.0. The van der Waals surface area contributed by atoms with Gasteiger partial charge in [-0.2, -0.15) is 0 Å². The Bertz CT molecular complexity index is 915. The Morgan fingerprint density at radius 1 is 1.13 bits per heavy atom. The van der Waals surface area contributed by atoms with Crippen LogP contribution >= 0.6 is 0 Å². The summed E-state index contributed by atoms with van der Waals surface area (Å²) in [5.41, 5.74) is 1.65. The topological polar surface area (TPSA) is 57.5 Å². The van der Waals surface area contributed by atoms with E-state index in [1.54, 1.807) is 0 Å². The Hall–Kier alpha value is -1.71. The number of Topliss-reactive ketones (excluding diaryl/α,β-unsaturated/α-hetero) is 1. The number of carbonyl (C=O) groups is 1. The van der Waals surface area contributed by atoms with Gasteiger partial charge < -0.3 is 10.2 Å². The second-order valence-corrected chi connectivity index (χ2v) is 11.3. The van der Waals surface area contributed by atoms with Gasteiger partial charge in [0.15, 0.2) is 5.78 Å². The van der Waals surface area contributed by atoms with Gasteiger partial charge in [0.2, 0.25) is 0 Å². The van der Waals surface area contributed by atoms with Crippen LogP contribution < -0.4 is 0 Å². The van der Waals surface area contributed by atoms with Gasteiger partial charge >= 0.3 is 0 Å². The first-order valence-electron chi connectivity index (χ1n) is 11.8. The van der Waals surface area contributed by atoms with Crippen LogP contribution in [-0.2, 0) is 4.79 Å². The van der Waals surface area contributed by atoms with Crippen molar-refractivity contribution < 1.29 is 15.0 Å². The van der Waals surface area contributed by atoms with Crippen molar-refractivity contribution >= 4 is 11.9 Å². The number of hydrogen-bond acceptors (Lipinski definition) is 3. The molecule has 1 aromatic rings. The molecule has 0 unspecified atom stereocenters. The number of rotatable bonds is 2. The molecular formula is C28H38O3. The molecule has 0 aliphatic heterocycles. The summed E-state index contributed by atoms with van der Waals surface area (Å²) in [7, 11) is 0. The zero-order valence-electron chi connectivity index (χ0n) is 19.7. The van der Waals surface area contributed by atoms with E-state index in [1.165, 1.54) is 5.56 Å². The Labute approximate surface area is 187 Å². The summed E-state index contributed by atoms with van der Waals surface area (Å²) >= 11 is 0. The van der Waals surface area contributed by atoms with Crippen LogP contribution in [0.4, 0.5) is 0 Å². The molecule has 0 amide bonds. The third kappa shape index (κ3) is 3.11. The molecule has 3 aliphatic rings. The Balaban J connectivity index is 1.89. The smallest absolute Gasteiger partial charge is 0.163 e. The van der Waals surface area contributed by atoms with Gasteiger partial charge in [0.1, 0.15) is 0 Å². The third-order valence-corrected chi connectivity index (χ3v) is 9.69. The zero-order chi connectivity index (χ0) is 22.8. The van der Waals surface area contributed by atoms with Crippen LogP contribution in [0.2, 0.25) is 0 Å². The second kappa shape index (κ2) is 7.42. The number of benzene rings is 1. The summed E-state index contributed by atoms with van der Waals surface area (Å²) in [5, 5.41) is 23.1. The van der Waals surface area contributed by atoms with Gasteiger partial charge in [0.25, 0.3) is 0 Å². The summed E-state index contributed by atoms with van der Waals surface area (Å²) in [5.74, 6) is 0.0805. The number of aryl methyl sites for hydroxylation is 1. The van der Waals surface area contributed by atoms with Crippen LogP contribution in [0.1, 0.15) is 64.5 Å². The molecule has 168 valence electrons. The van der Waals surface area contributed by atoms with Gasteiger partial charge in [-0.3, -0.25) is 4.79 Å². The van der Waals surface area contributed by atoms with Crippen molar-refractivity contribution in [3.63, 3.8) is 0 Å². The van der Waals surface area contributed by atoms with Crippen molar-refractivity contribution in [3.8, 4) is 0 Å². The molecule has 4 rings (SSSR count). The van der Waals surface area contributed by atoms with Crippen LogP contribution in [0, 0.1) is 40.9 Å². The lowest BCUT2D eigenvalue weighted by Crippen LogP contribution is -2.62. The molecule has 0 heterocycles. The van der Waals surface area contributed by atoms with Gasteiger partial charge in [-0.05, 0) is 67.1 Å². The molecule has 3 saturated carbocycles. The van der Waals surface area contributed by atoms with Crippen LogP contribution in [0.5, 0.6) is 0 Å². The van der Waals surface area contributed by atoms with Crippen molar-refractivity contribution in [2.75, 3.05) is 0 Å². The van der Waals surface area contributed by atoms with Gasteiger partial charge in [0, 0.05) is 16.7 Å². The van der Waals surface area contributed by atoms with Gasteiger partial charge in [-0.15, -0.1) is 6.58 Å². The normalized spacial score (nSPS) is 46.4. The molecule has 3 nitrogen and oxygen atoms in total. The lowest BCUT2D eigenvalue weighted by molar-refractivity contribution is -0.191. The van der Waals surface area contributed by atoms with Crippen LogP contribution in [0.25, 0.3) is 6.08 Å². The fourth-order valence-corrected chi connectivity index (χ4v) is 7.21. The number of hydrogen-bond donors (Lipinski definition) is 2. The highest BCUT2D eigenvalue weighted by atomic mass is 16.3. The number of aliphatic hydroxyl groups is 2. The summed E-state index contributed by atoms with van der Waals surface area (Å²) in [6, 6.07) is 8.26. The fourth-order valence-electron chi connectivity index (χ4n) is 7.21. The van der Waals surface area contributed by atoms with E-state index in [1.807, 2.05) is 19.1 Å². The lowest BCUT2D eigenvalue weighted by atomic mass is 9.44. The van der Waals surface area contributed by atoms with Crippen molar-refractivity contribution in [2.45, 2.75) is 72.5 Å². The quantitative estimate of drug-likeness (QED) is 0.499. The first-order valence-corrected chi connectivity index (χ1v) is 11.8. The van der Waals surface area contributed by atoms with E-state index >= 15 is 0 Å². The molecular weight excluding hydrogens is 384 g/mol. The average Bonchev–Trinajstić information content (AvgIpc) is 3.04. The maximum absolute atomic E-state index is 14.0. The summed E-state index contributed by atoms with van der Waals surface area (Å²) in [6.45, 7) is 14.5. The first-order chi connectivity index (χ1) is 14.5. The molecule has 3 fully saturated rings. The minimum absolute atomic E-state index is 0.0623. The molecule has 0 spiro atoms. The fraction of sp³-hybridized carbons (Fsp3) is 0.607. The highest BCUT2D eigenvalue weighted by Crippen LogP contribution is 2.68. The van der Waals surface area contributed by atoms with Crippen LogP contribution in [0.3, 0.4) is 0 Å². The molecule has 31 heavy (non-hydrogen) atoms. The van der Waals surface area contributed by atoms with E-state index in [9.17, 15) is 15.0 Å². The number of allylic oxidation sites excluding steroid dienone is 1. The zero-order valence-corrected chi connectivity index (χ0v) is 19.7. The summed E-state index contributed by atoms with van der Waals surface area (Å²) in [6.07, 6.45) is 5.53. The third-order valence-electron chi connectivity index (χ3n) is 9.69. The number of aliphatic hydroxyl groups excluding tert-OH is 2. The van der Waals surface area contributed by atoms with E-state index in [2.05, 4.69) is 58.5 Å². The molecule has 2 N–H and O–H groups in total. The predicted octanol–water partition coefficient (Wildman–Crippen LogP) is 5.34. The predicted molar refractivity (Wildman–Crippen MR) is 125 cm³/mol. The second-order valence-electron chi connectivity index (χ2n) is 11.3. The monoisotopic (exact) mass is 422 g/mol. The molecule has 2 bridgehead atoms. The van der Waals surface area contributed by atoms with Crippen LogP contribution in [0.15, 0.2) is 42.5 Å². The van der Waals surface area contributed by atoms with Gasteiger partial charge in [-0.1, -0.05) is 63.6 Å². The highest BCUT2D eigenvalue weighted by molar-refractivity contribution is 6.04. The summed E-state index contributed by atoms with van der Waals surface area (Å²) < 4.78 is 0. The van der Waals surface area contributed by atoms with Crippen molar-refractivity contribution in [1.82, 2.24) is 0 Å².